The van der Waals surface area contributed by atoms with Gasteiger partial charge in [-0.15, -0.1) is 0 Å². The first-order valence-corrected chi connectivity index (χ1v) is 4.80. The molecule has 0 saturated heterocycles. The Bertz CT molecular complexity index is 500. The van der Waals surface area contributed by atoms with Crippen molar-refractivity contribution in [2.75, 3.05) is 0 Å². The highest BCUT2D eigenvalue weighted by Crippen LogP contribution is 2.23. The van der Waals surface area contributed by atoms with Crippen molar-refractivity contribution in [3.8, 4) is 11.3 Å². The topological polar surface area (TPSA) is 25.8 Å². The molecule has 1 aromatic carbocycles. The smallest absolute Gasteiger partial charge is 0.222 e. The average molecular weight is 223 g/mol. The van der Waals surface area contributed by atoms with Crippen molar-refractivity contribution in [1.29, 1.82) is 0 Å². The minimum absolute atomic E-state index is 0.119. The van der Waals surface area contributed by atoms with Gasteiger partial charge in [-0.1, -0.05) is 12.1 Å². The zero-order valence-corrected chi connectivity index (χ0v) is 8.79. The van der Waals surface area contributed by atoms with Crippen LogP contribution in [0.1, 0.15) is 5.56 Å². The first-order valence-electron chi connectivity index (χ1n) is 4.42. The Balaban J connectivity index is 2.59. The van der Waals surface area contributed by atoms with Crippen LogP contribution in [0, 0.1) is 12.7 Å². The second-order valence-corrected chi connectivity index (χ2v) is 3.49. The Morgan fingerprint density at radius 2 is 2.07 bits per heavy atom. The summed E-state index contributed by atoms with van der Waals surface area (Å²) in [4.78, 5) is 7.71. The standard InChI is InChI=1S/C11H8ClFN2/c1-7-3-2-4-8(10(7)13)9-5-6-14-11(12)15-9/h2-6H,1H3. The Morgan fingerprint density at radius 1 is 1.27 bits per heavy atom. The van der Waals surface area contributed by atoms with E-state index in [9.17, 15) is 4.39 Å². The molecule has 1 heterocycles. The van der Waals surface area contributed by atoms with Gasteiger partial charge in [-0.3, -0.25) is 0 Å². The molecule has 0 aliphatic rings. The van der Waals surface area contributed by atoms with Crippen molar-refractivity contribution in [3.63, 3.8) is 0 Å². The summed E-state index contributed by atoms with van der Waals surface area (Å²) in [5.74, 6) is -0.271. The largest absolute Gasteiger partial charge is 0.226 e. The van der Waals surface area contributed by atoms with Gasteiger partial charge >= 0.3 is 0 Å². The molecule has 4 heteroatoms. The predicted octanol–water partition coefficient (Wildman–Crippen LogP) is 3.24. The monoisotopic (exact) mass is 222 g/mol. The van der Waals surface area contributed by atoms with Crippen LogP contribution in [-0.4, -0.2) is 9.97 Å². The van der Waals surface area contributed by atoms with E-state index in [-0.39, 0.29) is 11.1 Å². The summed E-state index contributed by atoms with van der Waals surface area (Å²) in [7, 11) is 0. The Morgan fingerprint density at radius 3 is 2.80 bits per heavy atom. The van der Waals surface area contributed by atoms with Gasteiger partial charge in [0, 0.05) is 11.8 Å². The molecule has 0 N–H and O–H groups in total. The first-order chi connectivity index (χ1) is 7.18. The molecule has 0 bridgehead atoms. The molecule has 76 valence electrons. The number of benzene rings is 1. The van der Waals surface area contributed by atoms with Gasteiger partial charge in [-0.2, -0.15) is 0 Å². The van der Waals surface area contributed by atoms with E-state index >= 15 is 0 Å². The molecule has 2 nitrogen and oxygen atoms in total. The second-order valence-electron chi connectivity index (χ2n) is 3.15. The minimum Gasteiger partial charge on any atom is -0.226 e. The van der Waals surface area contributed by atoms with Crippen molar-refractivity contribution in [3.05, 3.63) is 47.1 Å². The minimum atomic E-state index is -0.271. The van der Waals surface area contributed by atoms with Gasteiger partial charge in [-0.05, 0) is 36.2 Å². The number of halogens is 2. The molecule has 0 aliphatic carbocycles. The van der Waals surface area contributed by atoms with E-state index in [1.54, 1.807) is 31.2 Å². The molecule has 0 radical (unpaired) electrons. The number of aryl methyl sites for hydroxylation is 1. The lowest BCUT2D eigenvalue weighted by Gasteiger charge is -2.04. The SMILES string of the molecule is Cc1cccc(-c2ccnc(Cl)n2)c1F. The van der Waals surface area contributed by atoms with Gasteiger partial charge in [0.2, 0.25) is 5.28 Å². The van der Waals surface area contributed by atoms with E-state index < -0.39 is 0 Å². The molecular weight excluding hydrogens is 215 g/mol. The Hall–Kier alpha value is -1.48. The molecule has 0 aliphatic heterocycles. The van der Waals surface area contributed by atoms with Crippen LogP contribution in [0.3, 0.4) is 0 Å². The van der Waals surface area contributed by atoms with E-state index in [0.717, 1.165) is 0 Å². The molecule has 2 rings (SSSR count). The quantitative estimate of drug-likeness (QED) is 0.693. The third kappa shape index (κ3) is 1.97. The van der Waals surface area contributed by atoms with Crippen LogP contribution >= 0.6 is 11.6 Å². The third-order valence-electron chi connectivity index (χ3n) is 2.09. The van der Waals surface area contributed by atoms with Crippen LogP contribution in [0.15, 0.2) is 30.5 Å². The van der Waals surface area contributed by atoms with Crippen molar-refractivity contribution < 1.29 is 4.39 Å². The molecule has 1 aromatic heterocycles. The summed E-state index contributed by atoms with van der Waals surface area (Å²) in [5, 5.41) is 0.119. The van der Waals surface area contributed by atoms with Crippen LogP contribution in [0.25, 0.3) is 11.3 Å². The Kier molecular flexibility index (Phi) is 2.64. The molecule has 2 aromatic rings. The molecule has 0 atom stereocenters. The third-order valence-corrected chi connectivity index (χ3v) is 2.28. The van der Waals surface area contributed by atoms with Crippen LogP contribution in [0.4, 0.5) is 4.39 Å². The molecule has 15 heavy (non-hydrogen) atoms. The number of rotatable bonds is 1. The lowest BCUT2D eigenvalue weighted by molar-refractivity contribution is 0.621. The average Bonchev–Trinajstić information content (AvgIpc) is 2.22. The highest BCUT2D eigenvalue weighted by molar-refractivity contribution is 6.28. The maximum atomic E-state index is 13.7. The zero-order chi connectivity index (χ0) is 10.8. The summed E-state index contributed by atoms with van der Waals surface area (Å²) in [5.41, 5.74) is 1.53. The Labute approximate surface area is 91.8 Å². The van der Waals surface area contributed by atoms with Gasteiger partial charge in [0.15, 0.2) is 0 Å². The van der Waals surface area contributed by atoms with Gasteiger partial charge in [0.05, 0.1) is 5.69 Å². The maximum Gasteiger partial charge on any atom is 0.222 e. The molecular formula is C11H8ClFN2. The van der Waals surface area contributed by atoms with Crippen molar-refractivity contribution in [2.24, 2.45) is 0 Å². The highest BCUT2D eigenvalue weighted by Gasteiger charge is 2.08. The van der Waals surface area contributed by atoms with Crippen molar-refractivity contribution in [1.82, 2.24) is 9.97 Å². The number of hydrogen-bond donors (Lipinski definition) is 0. The fraction of sp³-hybridized carbons (Fsp3) is 0.0909. The molecule has 0 saturated carbocycles. The summed E-state index contributed by atoms with van der Waals surface area (Å²) in [6.45, 7) is 1.71. The fourth-order valence-electron chi connectivity index (χ4n) is 1.33. The van der Waals surface area contributed by atoms with E-state index in [0.29, 0.717) is 16.8 Å². The maximum absolute atomic E-state index is 13.7. The number of hydrogen-bond acceptors (Lipinski definition) is 2. The van der Waals surface area contributed by atoms with Crippen LogP contribution in [-0.2, 0) is 0 Å². The second kappa shape index (κ2) is 3.95. The van der Waals surface area contributed by atoms with Crippen LogP contribution in [0.2, 0.25) is 5.28 Å². The summed E-state index contributed by atoms with van der Waals surface area (Å²) < 4.78 is 13.7. The summed E-state index contributed by atoms with van der Waals surface area (Å²) in [6, 6.07) is 6.79. The predicted molar refractivity (Wildman–Crippen MR) is 57.2 cm³/mol. The van der Waals surface area contributed by atoms with E-state index in [1.807, 2.05) is 0 Å². The fourth-order valence-corrected chi connectivity index (χ4v) is 1.48. The number of aromatic nitrogens is 2. The van der Waals surface area contributed by atoms with E-state index in [1.165, 1.54) is 6.20 Å². The summed E-state index contributed by atoms with van der Waals surface area (Å²) in [6.07, 6.45) is 1.51. The first kappa shape index (κ1) is 10.1. The number of nitrogens with zero attached hydrogens (tertiary/aromatic N) is 2. The molecule has 0 spiro atoms. The zero-order valence-electron chi connectivity index (χ0n) is 8.04. The summed E-state index contributed by atoms with van der Waals surface area (Å²) >= 11 is 5.64. The van der Waals surface area contributed by atoms with E-state index in [4.69, 9.17) is 11.6 Å². The van der Waals surface area contributed by atoms with E-state index in [2.05, 4.69) is 9.97 Å². The lowest BCUT2D eigenvalue weighted by Crippen LogP contribution is -1.91. The van der Waals surface area contributed by atoms with Gasteiger partial charge < -0.3 is 0 Å². The normalized spacial score (nSPS) is 10.3. The van der Waals surface area contributed by atoms with Crippen molar-refractivity contribution >= 4 is 11.6 Å². The molecule has 0 unspecified atom stereocenters. The molecule has 0 fully saturated rings. The lowest BCUT2D eigenvalue weighted by atomic mass is 10.1. The van der Waals surface area contributed by atoms with Crippen molar-refractivity contribution in [2.45, 2.75) is 6.92 Å². The highest BCUT2D eigenvalue weighted by atomic mass is 35.5. The van der Waals surface area contributed by atoms with Gasteiger partial charge in [0.25, 0.3) is 0 Å². The van der Waals surface area contributed by atoms with Crippen LogP contribution in [0.5, 0.6) is 0 Å². The van der Waals surface area contributed by atoms with Gasteiger partial charge in [0.1, 0.15) is 5.82 Å². The van der Waals surface area contributed by atoms with Crippen LogP contribution < -0.4 is 0 Å². The molecule has 0 amide bonds. The van der Waals surface area contributed by atoms with Gasteiger partial charge in [-0.25, -0.2) is 14.4 Å².